The third-order valence-corrected chi connectivity index (χ3v) is 4.39. The van der Waals surface area contributed by atoms with Gasteiger partial charge in [-0.25, -0.2) is 9.18 Å². The molecule has 0 bridgehead atoms. The summed E-state index contributed by atoms with van der Waals surface area (Å²) in [5, 5.41) is 2.83. The van der Waals surface area contributed by atoms with Crippen molar-refractivity contribution in [3.8, 4) is 5.75 Å². The van der Waals surface area contributed by atoms with Crippen molar-refractivity contribution >= 4 is 17.6 Å². The first-order valence-electron chi connectivity index (χ1n) is 9.43. The van der Waals surface area contributed by atoms with Crippen LogP contribution in [0.2, 0.25) is 0 Å². The molecule has 1 atom stereocenters. The summed E-state index contributed by atoms with van der Waals surface area (Å²) in [7, 11) is 0. The van der Waals surface area contributed by atoms with Gasteiger partial charge in [-0.15, -0.1) is 0 Å². The number of carbonyl (C=O) groups is 2. The molecule has 0 aliphatic heterocycles. The van der Waals surface area contributed by atoms with Gasteiger partial charge in [0.2, 0.25) is 6.10 Å². The average Bonchev–Trinajstić information content (AvgIpc) is 2.74. The van der Waals surface area contributed by atoms with E-state index in [-0.39, 0.29) is 5.75 Å². The molecular weight excluding hydrogens is 385 g/mol. The number of carbonyl (C=O) groups excluding carboxylic acids is 2. The third-order valence-electron chi connectivity index (χ3n) is 4.39. The number of hydrogen-bond donors (Lipinski definition) is 1. The number of halogens is 1. The standard InChI is InChI=1S/C24H22FNO4/c1-16-11-12-17(2)21(13-16)26-24(28)23(18-7-4-3-5-8-18)30-22(27)15-29-20-10-6-9-19(25)14-20/h3-14,23H,15H2,1-2H3,(H,26,28)/t23-/m0/s1. The Balaban J connectivity index is 1.73. The molecule has 0 fully saturated rings. The van der Waals surface area contributed by atoms with Crippen LogP contribution in [0.4, 0.5) is 10.1 Å². The zero-order valence-electron chi connectivity index (χ0n) is 16.7. The first-order chi connectivity index (χ1) is 14.4. The number of nitrogens with one attached hydrogen (secondary N) is 1. The summed E-state index contributed by atoms with van der Waals surface area (Å²) in [6.45, 7) is 3.35. The summed E-state index contributed by atoms with van der Waals surface area (Å²) in [5.74, 6) is -1.50. The van der Waals surface area contributed by atoms with E-state index in [1.165, 1.54) is 18.2 Å². The summed E-state index contributed by atoms with van der Waals surface area (Å²) < 4.78 is 23.9. The molecule has 1 N–H and O–H groups in total. The van der Waals surface area contributed by atoms with E-state index in [1.54, 1.807) is 30.3 Å². The molecule has 5 nitrogen and oxygen atoms in total. The smallest absolute Gasteiger partial charge is 0.345 e. The van der Waals surface area contributed by atoms with Crippen LogP contribution in [-0.2, 0) is 14.3 Å². The molecule has 0 saturated carbocycles. The van der Waals surface area contributed by atoms with Crippen LogP contribution in [0.3, 0.4) is 0 Å². The highest BCUT2D eigenvalue weighted by Gasteiger charge is 2.25. The molecule has 6 heteroatoms. The molecular formula is C24H22FNO4. The minimum Gasteiger partial charge on any atom is -0.482 e. The summed E-state index contributed by atoms with van der Waals surface area (Å²) >= 11 is 0. The number of benzene rings is 3. The van der Waals surface area contributed by atoms with Crippen LogP contribution in [0.25, 0.3) is 0 Å². The zero-order valence-corrected chi connectivity index (χ0v) is 16.7. The van der Waals surface area contributed by atoms with Gasteiger partial charge in [-0.3, -0.25) is 4.79 Å². The molecule has 3 aromatic carbocycles. The minimum atomic E-state index is -1.16. The number of ether oxygens (including phenoxy) is 2. The number of amides is 1. The van der Waals surface area contributed by atoms with Gasteiger partial charge in [-0.2, -0.15) is 0 Å². The lowest BCUT2D eigenvalue weighted by molar-refractivity contribution is -0.156. The number of anilines is 1. The second-order valence-corrected chi connectivity index (χ2v) is 6.83. The SMILES string of the molecule is Cc1ccc(C)c(NC(=O)[C@@H](OC(=O)COc2cccc(F)c2)c2ccccc2)c1. The molecule has 0 spiro atoms. The van der Waals surface area contributed by atoms with Crippen molar-refractivity contribution < 1.29 is 23.5 Å². The predicted octanol–water partition coefficient (Wildman–Crippen LogP) is 4.74. The van der Waals surface area contributed by atoms with Crippen LogP contribution >= 0.6 is 0 Å². The van der Waals surface area contributed by atoms with Crippen molar-refractivity contribution in [2.24, 2.45) is 0 Å². The first kappa shape index (κ1) is 21.0. The van der Waals surface area contributed by atoms with Crippen molar-refractivity contribution in [2.45, 2.75) is 20.0 Å². The second-order valence-electron chi connectivity index (χ2n) is 6.83. The molecule has 0 aliphatic carbocycles. The molecule has 0 aliphatic rings. The molecule has 0 radical (unpaired) electrons. The van der Waals surface area contributed by atoms with Crippen molar-refractivity contribution in [2.75, 3.05) is 11.9 Å². The maximum absolute atomic E-state index is 13.2. The molecule has 30 heavy (non-hydrogen) atoms. The second kappa shape index (κ2) is 9.69. The maximum Gasteiger partial charge on any atom is 0.345 e. The van der Waals surface area contributed by atoms with Crippen molar-refractivity contribution in [1.29, 1.82) is 0 Å². The Hall–Kier alpha value is -3.67. The molecule has 0 saturated heterocycles. The van der Waals surface area contributed by atoms with Gasteiger partial charge in [0.15, 0.2) is 6.61 Å². The quantitative estimate of drug-likeness (QED) is 0.575. The number of esters is 1. The Morgan fingerprint density at radius 2 is 1.73 bits per heavy atom. The van der Waals surface area contributed by atoms with E-state index in [1.807, 2.05) is 32.0 Å². The topological polar surface area (TPSA) is 64.6 Å². The van der Waals surface area contributed by atoms with E-state index in [0.717, 1.165) is 17.2 Å². The monoisotopic (exact) mass is 407 g/mol. The lowest BCUT2D eigenvalue weighted by Crippen LogP contribution is -2.28. The Bertz CT molecular complexity index is 1040. The van der Waals surface area contributed by atoms with Crippen LogP contribution in [0.1, 0.15) is 22.8 Å². The van der Waals surface area contributed by atoms with E-state index in [0.29, 0.717) is 11.3 Å². The predicted molar refractivity (Wildman–Crippen MR) is 112 cm³/mol. The lowest BCUT2D eigenvalue weighted by atomic mass is 10.1. The fourth-order valence-corrected chi connectivity index (χ4v) is 2.83. The lowest BCUT2D eigenvalue weighted by Gasteiger charge is -2.19. The molecule has 0 heterocycles. The van der Waals surface area contributed by atoms with E-state index in [9.17, 15) is 14.0 Å². The van der Waals surface area contributed by atoms with Crippen LogP contribution < -0.4 is 10.1 Å². The summed E-state index contributed by atoms with van der Waals surface area (Å²) in [6.07, 6.45) is -1.16. The largest absolute Gasteiger partial charge is 0.482 e. The molecule has 1 amide bonds. The Morgan fingerprint density at radius 1 is 0.967 bits per heavy atom. The van der Waals surface area contributed by atoms with Crippen molar-refractivity contribution in [3.63, 3.8) is 0 Å². The normalized spacial score (nSPS) is 11.4. The highest BCUT2D eigenvalue weighted by molar-refractivity contribution is 5.96. The fraction of sp³-hybridized carbons (Fsp3) is 0.167. The van der Waals surface area contributed by atoms with Gasteiger partial charge >= 0.3 is 5.97 Å². The van der Waals surface area contributed by atoms with Crippen molar-refractivity contribution in [1.82, 2.24) is 0 Å². The van der Waals surface area contributed by atoms with Crippen molar-refractivity contribution in [3.05, 3.63) is 95.3 Å². The van der Waals surface area contributed by atoms with Crippen LogP contribution in [0.5, 0.6) is 5.75 Å². The molecule has 0 unspecified atom stereocenters. The van der Waals surface area contributed by atoms with Crippen LogP contribution in [0, 0.1) is 19.7 Å². The average molecular weight is 407 g/mol. The van der Waals surface area contributed by atoms with Crippen LogP contribution in [0.15, 0.2) is 72.8 Å². The van der Waals surface area contributed by atoms with E-state index in [2.05, 4.69) is 5.32 Å². The van der Waals surface area contributed by atoms with Gasteiger partial charge in [0.05, 0.1) is 0 Å². The Morgan fingerprint density at radius 3 is 2.47 bits per heavy atom. The molecule has 0 aromatic heterocycles. The minimum absolute atomic E-state index is 0.197. The van der Waals surface area contributed by atoms with Gasteiger partial charge < -0.3 is 14.8 Å². The Kier molecular flexibility index (Phi) is 6.80. The fourth-order valence-electron chi connectivity index (χ4n) is 2.83. The van der Waals surface area contributed by atoms with Gasteiger partial charge in [-0.1, -0.05) is 48.5 Å². The number of hydrogen-bond acceptors (Lipinski definition) is 4. The van der Waals surface area contributed by atoms with Crippen LogP contribution in [-0.4, -0.2) is 18.5 Å². The maximum atomic E-state index is 13.2. The van der Waals surface area contributed by atoms with Gasteiger partial charge in [0, 0.05) is 17.3 Å². The number of rotatable bonds is 7. The van der Waals surface area contributed by atoms with Gasteiger partial charge in [0.25, 0.3) is 5.91 Å². The van der Waals surface area contributed by atoms with E-state index >= 15 is 0 Å². The zero-order chi connectivity index (χ0) is 21.5. The van der Waals surface area contributed by atoms with E-state index in [4.69, 9.17) is 9.47 Å². The number of aryl methyl sites for hydroxylation is 2. The molecule has 3 aromatic rings. The van der Waals surface area contributed by atoms with Gasteiger partial charge in [0.1, 0.15) is 11.6 Å². The molecule has 154 valence electrons. The molecule has 3 rings (SSSR count). The summed E-state index contributed by atoms with van der Waals surface area (Å²) in [4.78, 5) is 25.3. The third kappa shape index (κ3) is 5.67. The van der Waals surface area contributed by atoms with Gasteiger partial charge in [-0.05, 0) is 43.2 Å². The highest BCUT2D eigenvalue weighted by atomic mass is 19.1. The summed E-state index contributed by atoms with van der Waals surface area (Å²) in [5.41, 5.74) is 3.06. The first-order valence-corrected chi connectivity index (χ1v) is 9.43. The highest BCUT2D eigenvalue weighted by Crippen LogP contribution is 2.23. The summed E-state index contributed by atoms with van der Waals surface area (Å²) in [6, 6.07) is 19.9. The van der Waals surface area contributed by atoms with E-state index < -0.39 is 30.4 Å². The Labute approximate surface area is 174 Å².